The summed E-state index contributed by atoms with van der Waals surface area (Å²) in [6.45, 7) is -0.500. The van der Waals surface area contributed by atoms with Crippen molar-refractivity contribution < 1.29 is 27.9 Å². The maximum Gasteiger partial charge on any atom is 0.416 e. The number of aliphatic hydroxyl groups excluding tert-OH is 1. The summed E-state index contributed by atoms with van der Waals surface area (Å²) in [7, 11) is 0. The Hall–Kier alpha value is -2.09. The van der Waals surface area contributed by atoms with Crippen LogP contribution in [0.15, 0.2) is 24.3 Å². The summed E-state index contributed by atoms with van der Waals surface area (Å²) >= 11 is 0. The molecule has 1 aromatic carbocycles. The Morgan fingerprint density at radius 2 is 1.67 bits per heavy atom. The molecule has 2 N–H and O–H groups in total. The van der Waals surface area contributed by atoms with Gasteiger partial charge in [-0.2, -0.15) is 13.2 Å². The smallest absolute Gasteiger partial charge is 0.387 e. The molecule has 3 amide bonds. The lowest BCUT2D eigenvalue weighted by Crippen LogP contribution is -2.47. The van der Waals surface area contributed by atoms with Crippen LogP contribution in [0.4, 0.5) is 18.0 Å². The van der Waals surface area contributed by atoms with E-state index < -0.39 is 41.9 Å². The van der Waals surface area contributed by atoms with E-state index in [0.29, 0.717) is 12.8 Å². The lowest BCUT2D eigenvalue weighted by molar-refractivity contribution is -0.139. The van der Waals surface area contributed by atoms with Gasteiger partial charge in [-0.3, -0.25) is 9.69 Å². The van der Waals surface area contributed by atoms with Crippen LogP contribution in [0, 0.1) is 0 Å². The van der Waals surface area contributed by atoms with E-state index in [-0.39, 0.29) is 5.56 Å². The molecule has 1 atom stereocenters. The van der Waals surface area contributed by atoms with Crippen LogP contribution in [0.25, 0.3) is 0 Å². The van der Waals surface area contributed by atoms with Crippen molar-refractivity contribution in [3.05, 3.63) is 35.4 Å². The molecule has 2 fully saturated rings. The fraction of sp³-hybridized carbons (Fsp3) is 0.579. The lowest BCUT2D eigenvalue weighted by atomic mass is 9.84. The summed E-state index contributed by atoms with van der Waals surface area (Å²) in [5, 5.41) is 13.1. The van der Waals surface area contributed by atoms with E-state index in [9.17, 15) is 27.9 Å². The topological polar surface area (TPSA) is 69.6 Å². The second-order valence-corrected chi connectivity index (χ2v) is 7.30. The molecule has 1 aliphatic carbocycles. The Morgan fingerprint density at radius 3 is 2.30 bits per heavy atom. The van der Waals surface area contributed by atoms with Crippen LogP contribution in [0.3, 0.4) is 0 Å². The molecule has 0 aromatic heterocycles. The molecule has 8 heteroatoms. The fourth-order valence-electron chi connectivity index (χ4n) is 4.01. The van der Waals surface area contributed by atoms with E-state index in [0.717, 1.165) is 49.1 Å². The first-order valence-electron chi connectivity index (χ1n) is 9.23. The third kappa shape index (κ3) is 3.95. The van der Waals surface area contributed by atoms with Gasteiger partial charge in [0, 0.05) is 0 Å². The first-order valence-corrected chi connectivity index (χ1v) is 9.23. The predicted molar refractivity (Wildman–Crippen MR) is 91.7 cm³/mol. The number of alkyl halides is 3. The van der Waals surface area contributed by atoms with E-state index in [2.05, 4.69) is 5.32 Å². The van der Waals surface area contributed by atoms with Crippen LogP contribution in [0.2, 0.25) is 0 Å². The second kappa shape index (κ2) is 7.50. The molecular formula is C19H23F3N2O3. The van der Waals surface area contributed by atoms with Gasteiger partial charge in [0.25, 0.3) is 5.91 Å². The summed E-state index contributed by atoms with van der Waals surface area (Å²) < 4.78 is 39.5. The zero-order chi connectivity index (χ0) is 19.7. The molecule has 0 bridgehead atoms. The minimum absolute atomic E-state index is 0.343. The second-order valence-electron chi connectivity index (χ2n) is 7.30. The van der Waals surface area contributed by atoms with Gasteiger partial charge in [0.2, 0.25) is 0 Å². The van der Waals surface area contributed by atoms with Crippen LogP contribution in [0.1, 0.15) is 62.2 Å². The van der Waals surface area contributed by atoms with Crippen molar-refractivity contribution in [3.8, 4) is 0 Å². The molecule has 148 valence electrons. The average molecular weight is 384 g/mol. The van der Waals surface area contributed by atoms with E-state index >= 15 is 0 Å². The number of halogens is 3. The number of β-amino-alcohol motifs (C(OH)–C–C–N with tert-alkyl or cyclic N) is 1. The van der Waals surface area contributed by atoms with Gasteiger partial charge in [0.1, 0.15) is 5.54 Å². The molecule has 1 saturated carbocycles. The molecule has 1 aromatic rings. The molecular weight excluding hydrogens is 361 g/mol. The van der Waals surface area contributed by atoms with Crippen molar-refractivity contribution in [2.75, 3.05) is 6.54 Å². The SMILES string of the molecule is O=C1NC2(CCCCCCC2)C(=O)N1CC(O)c1ccccc1C(F)(F)F. The molecule has 2 aliphatic rings. The molecule has 1 aliphatic heterocycles. The standard InChI is InChI=1S/C19H23F3N2O3/c20-19(21,22)14-9-5-4-8-13(14)15(25)12-24-16(26)18(23-17(24)27)10-6-2-1-3-7-11-18/h4-5,8-9,15,25H,1-3,6-7,10-12H2,(H,23,27). The normalized spacial score (nSPS) is 21.7. The molecule has 27 heavy (non-hydrogen) atoms. The van der Waals surface area contributed by atoms with Crippen LogP contribution in [-0.4, -0.2) is 34.0 Å². The van der Waals surface area contributed by atoms with Gasteiger partial charge in [-0.1, -0.05) is 50.3 Å². The molecule has 0 radical (unpaired) electrons. The number of amides is 3. The Labute approximate surface area is 155 Å². The molecule has 1 unspecified atom stereocenters. The Morgan fingerprint density at radius 1 is 1.07 bits per heavy atom. The van der Waals surface area contributed by atoms with E-state index in [1.165, 1.54) is 12.1 Å². The number of aliphatic hydroxyl groups is 1. The fourth-order valence-corrected chi connectivity index (χ4v) is 4.01. The van der Waals surface area contributed by atoms with Gasteiger partial charge < -0.3 is 10.4 Å². The number of rotatable bonds is 3. The van der Waals surface area contributed by atoms with Crippen LogP contribution in [-0.2, 0) is 11.0 Å². The highest BCUT2D eigenvalue weighted by atomic mass is 19.4. The highest BCUT2D eigenvalue weighted by Crippen LogP contribution is 2.36. The van der Waals surface area contributed by atoms with E-state index in [1.807, 2.05) is 0 Å². The minimum Gasteiger partial charge on any atom is -0.387 e. The van der Waals surface area contributed by atoms with Crippen molar-refractivity contribution in [1.82, 2.24) is 10.2 Å². The Balaban J connectivity index is 1.80. The van der Waals surface area contributed by atoms with Gasteiger partial charge in [0.15, 0.2) is 0 Å². The van der Waals surface area contributed by atoms with Gasteiger partial charge in [0.05, 0.1) is 18.2 Å². The van der Waals surface area contributed by atoms with Crippen molar-refractivity contribution in [2.45, 2.75) is 62.8 Å². The highest BCUT2D eigenvalue weighted by molar-refractivity contribution is 6.07. The maximum absolute atomic E-state index is 13.2. The zero-order valence-electron chi connectivity index (χ0n) is 14.9. The maximum atomic E-state index is 13.2. The summed E-state index contributed by atoms with van der Waals surface area (Å²) in [6.07, 6.45) is -0.546. The minimum atomic E-state index is -4.63. The molecule has 1 spiro atoms. The number of hydrogen-bond donors (Lipinski definition) is 2. The number of carbonyl (C=O) groups is 2. The van der Waals surface area contributed by atoms with Gasteiger partial charge >= 0.3 is 12.2 Å². The number of benzene rings is 1. The summed E-state index contributed by atoms with van der Waals surface area (Å²) in [4.78, 5) is 26.1. The predicted octanol–water partition coefficient (Wildman–Crippen LogP) is 3.77. The number of nitrogens with one attached hydrogen (secondary N) is 1. The Kier molecular flexibility index (Phi) is 5.46. The Bertz CT molecular complexity index is 712. The first kappa shape index (κ1) is 19.7. The van der Waals surface area contributed by atoms with Crippen molar-refractivity contribution in [3.63, 3.8) is 0 Å². The summed E-state index contributed by atoms with van der Waals surface area (Å²) in [5.41, 5.74) is -2.30. The quantitative estimate of drug-likeness (QED) is 0.780. The van der Waals surface area contributed by atoms with Crippen molar-refractivity contribution >= 4 is 11.9 Å². The summed E-state index contributed by atoms with van der Waals surface area (Å²) in [5.74, 6) is -0.446. The average Bonchev–Trinajstić information content (AvgIpc) is 2.82. The third-order valence-electron chi connectivity index (χ3n) is 5.43. The van der Waals surface area contributed by atoms with Crippen molar-refractivity contribution in [1.29, 1.82) is 0 Å². The monoisotopic (exact) mass is 384 g/mol. The number of imide groups is 1. The number of nitrogens with zero attached hydrogens (tertiary/aromatic N) is 1. The third-order valence-corrected chi connectivity index (χ3v) is 5.43. The zero-order valence-corrected chi connectivity index (χ0v) is 14.9. The largest absolute Gasteiger partial charge is 0.416 e. The molecule has 5 nitrogen and oxygen atoms in total. The van der Waals surface area contributed by atoms with Crippen LogP contribution >= 0.6 is 0 Å². The first-order chi connectivity index (χ1) is 12.7. The lowest BCUT2D eigenvalue weighted by Gasteiger charge is -2.29. The van der Waals surface area contributed by atoms with Gasteiger partial charge in [-0.25, -0.2) is 4.79 Å². The molecule has 1 heterocycles. The van der Waals surface area contributed by atoms with E-state index in [4.69, 9.17) is 0 Å². The number of carbonyl (C=O) groups excluding carboxylic acids is 2. The van der Waals surface area contributed by atoms with E-state index in [1.54, 1.807) is 0 Å². The van der Waals surface area contributed by atoms with Crippen molar-refractivity contribution in [2.24, 2.45) is 0 Å². The van der Waals surface area contributed by atoms with Gasteiger partial charge in [-0.05, 0) is 24.5 Å². The highest BCUT2D eigenvalue weighted by Gasteiger charge is 2.51. The number of hydrogen-bond acceptors (Lipinski definition) is 3. The van der Waals surface area contributed by atoms with Crippen LogP contribution < -0.4 is 5.32 Å². The summed E-state index contributed by atoms with van der Waals surface area (Å²) in [6, 6.07) is 4.01. The van der Waals surface area contributed by atoms with Crippen LogP contribution in [0.5, 0.6) is 0 Å². The molecule has 3 rings (SSSR count). The number of urea groups is 1. The molecule has 1 saturated heterocycles. The van der Waals surface area contributed by atoms with Gasteiger partial charge in [-0.15, -0.1) is 0 Å².